The fourth-order valence-electron chi connectivity index (χ4n) is 4.23. The van der Waals surface area contributed by atoms with Gasteiger partial charge in [-0.05, 0) is 18.4 Å². The van der Waals surface area contributed by atoms with E-state index >= 15 is 0 Å². The maximum Gasteiger partial charge on any atom is 0.407 e. The molecule has 0 unspecified atom stereocenters. The van der Waals surface area contributed by atoms with Gasteiger partial charge in [0.25, 0.3) is 0 Å². The van der Waals surface area contributed by atoms with Crippen molar-refractivity contribution >= 4 is 24.3 Å². The number of ether oxygens (including phenoxy) is 3. The summed E-state index contributed by atoms with van der Waals surface area (Å²) in [5, 5.41) is 2.78. The van der Waals surface area contributed by atoms with E-state index in [0.29, 0.717) is 19.3 Å². The highest BCUT2D eigenvalue weighted by molar-refractivity contribution is 5.70. The van der Waals surface area contributed by atoms with Crippen LogP contribution in [0.4, 0.5) is 4.79 Å². The molecule has 32 heavy (non-hydrogen) atoms. The Morgan fingerprint density at radius 1 is 1.09 bits per heavy atom. The van der Waals surface area contributed by atoms with Crippen molar-refractivity contribution in [1.82, 2.24) is 5.32 Å². The summed E-state index contributed by atoms with van der Waals surface area (Å²) in [5.74, 6) is -1.25. The summed E-state index contributed by atoms with van der Waals surface area (Å²) >= 11 is 0. The molecule has 0 heterocycles. The van der Waals surface area contributed by atoms with Gasteiger partial charge in [0.1, 0.15) is 19.0 Å². The molecule has 0 spiro atoms. The molecule has 0 aliphatic heterocycles. The average Bonchev–Trinajstić information content (AvgIpc) is 3.09. The number of carbonyl (C=O) groups is 4. The molecular weight excluding hydrogens is 414 g/mol. The summed E-state index contributed by atoms with van der Waals surface area (Å²) in [7, 11) is 1.37. The number of carbonyl (C=O) groups excluding carboxylic acids is 4. The van der Waals surface area contributed by atoms with Gasteiger partial charge in [-0.2, -0.15) is 0 Å². The lowest BCUT2D eigenvalue weighted by molar-refractivity contribution is -0.149. The summed E-state index contributed by atoms with van der Waals surface area (Å²) in [4.78, 5) is 46.9. The highest BCUT2D eigenvalue weighted by Gasteiger charge is 2.45. The minimum absolute atomic E-state index is 0.132. The first kappa shape index (κ1) is 25.4. The van der Waals surface area contributed by atoms with Crippen LogP contribution < -0.4 is 5.32 Å². The van der Waals surface area contributed by atoms with Gasteiger partial charge in [-0.1, -0.05) is 49.6 Å². The lowest BCUT2D eigenvalue weighted by Gasteiger charge is -2.22. The number of aldehydes is 1. The van der Waals surface area contributed by atoms with Crippen molar-refractivity contribution in [3.05, 3.63) is 35.9 Å². The topological polar surface area (TPSA) is 108 Å². The van der Waals surface area contributed by atoms with E-state index in [1.807, 2.05) is 30.3 Å². The van der Waals surface area contributed by atoms with Crippen LogP contribution in [0.3, 0.4) is 0 Å². The van der Waals surface area contributed by atoms with Crippen LogP contribution in [0.25, 0.3) is 0 Å². The molecule has 0 saturated heterocycles. The number of hydrogen-bond acceptors (Lipinski definition) is 7. The smallest absolute Gasteiger partial charge is 0.407 e. The van der Waals surface area contributed by atoms with E-state index in [4.69, 9.17) is 9.47 Å². The lowest BCUT2D eigenvalue weighted by Crippen LogP contribution is -2.39. The van der Waals surface area contributed by atoms with Crippen molar-refractivity contribution in [3.63, 3.8) is 0 Å². The average molecular weight is 448 g/mol. The Hall–Kier alpha value is -2.90. The summed E-state index contributed by atoms with van der Waals surface area (Å²) in [6.45, 7) is 1.47. The van der Waals surface area contributed by atoms with Gasteiger partial charge in [0.2, 0.25) is 0 Å². The van der Waals surface area contributed by atoms with E-state index in [1.165, 1.54) is 14.0 Å². The van der Waals surface area contributed by atoms with Crippen LogP contribution in [0, 0.1) is 11.8 Å². The summed E-state index contributed by atoms with van der Waals surface area (Å²) < 4.78 is 15.4. The van der Waals surface area contributed by atoms with Crippen LogP contribution >= 0.6 is 0 Å². The van der Waals surface area contributed by atoms with E-state index in [9.17, 15) is 19.2 Å². The number of esters is 2. The van der Waals surface area contributed by atoms with Crippen LogP contribution in [0.15, 0.2) is 30.3 Å². The molecule has 8 heteroatoms. The van der Waals surface area contributed by atoms with E-state index in [0.717, 1.165) is 37.5 Å². The molecule has 1 N–H and O–H groups in total. The van der Waals surface area contributed by atoms with Crippen LogP contribution in [0.5, 0.6) is 0 Å². The van der Waals surface area contributed by atoms with Crippen molar-refractivity contribution < 1.29 is 33.4 Å². The zero-order valence-corrected chi connectivity index (χ0v) is 18.8. The second-order valence-electron chi connectivity index (χ2n) is 8.10. The molecule has 0 bridgehead atoms. The van der Waals surface area contributed by atoms with Crippen LogP contribution in [-0.4, -0.2) is 43.6 Å². The molecule has 2 rings (SSSR count). The lowest BCUT2D eigenvalue weighted by atomic mass is 9.89. The summed E-state index contributed by atoms with van der Waals surface area (Å²) in [5.41, 5.74) is 0.865. The third-order valence-electron chi connectivity index (χ3n) is 5.81. The second kappa shape index (κ2) is 13.5. The van der Waals surface area contributed by atoms with Gasteiger partial charge in [-0.25, -0.2) is 4.79 Å². The Morgan fingerprint density at radius 3 is 2.47 bits per heavy atom. The SMILES string of the molecule is COC(=O)CCCCCC[C@@H]1[C@@H](C=O)[C@H](NC(=O)OCc2ccccc2)C[C@@H]1OC(C)=O. The Kier molecular flexibility index (Phi) is 10.7. The van der Waals surface area contributed by atoms with Crippen molar-refractivity contribution in [1.29, 1.82) is 0 Å². The van der Waals surface area contributed by atoms with Crippen LogP contribution in [-0.2, 0) is 35.2 Å². The number of benzene rings is 1. The first-order chi connectivity index (χ1) is 15.4. The number of rotatable bonds is 12. The van der Waals surface area contributed by atoms with Crippen molar-refractivity contribution in [2.45, 2.75) is 70.6 Å². The molecule has 1 saturated carbocycles. The fourth-order valence-corrected chi connectivity index (χ4v) is 4.23. The molecule has 4 atom stereocenters. The minimum Gasteiger partial charge on any atom is -0.469 e. The predicted molar refractivity (Wildman–Crippen MR) is 116 cm³/mol. The molecule has 1 aliphatic carbocycles. The Labute approximate surface area is 189 Å². The van der Waals surface area contributed by atoms with E-state index in [2.05, 4.69) is 10.1 Å². The second-order valence-corrected chi connectivity index (χ2v) is 8.10. The van der Waals surface area contributed by atoms with Crippen LogP contribution in [0.1, 0.15) is 57.4 Å². The Morgan fingerprint density at radius 2 is 1.81 bits per heavy atom. The van der Waals surface area contributed by atoms with Gasteiger partial charge < -0.3 is 24.3 Å². The number of methoxy groups -OCH3 is 1. The molecule has 1 aromatic rings. The summed E-state index contributed by atoms with van der Waals surface area (Å²) in [6.07, 6.45) is 4.61. The number of nitrogens with one attached hydrogen (secondary N) is 1. The zero-order chi connectivity index (χ0) is 23.3. The third-order valence-corrected chi connectivity index (χ3v) is 5.81. The van der Waals surface area contributed by atoms with Gasteiger partial charge in [-0.3, -0.25) is 9.59 Å². The number of amides is 1. The van der Waals surface area contributed by atoms with Gasteiger partial charge in [-0.15, -0.1) is 0 Å². The number of unbranched alkanes of at least 4 members (excludes halogenated alkanes) is 3. The van der Waals surface area contributed by atoms with E-state index in [-0.39, 0.29) is 18.5 Å². The van der Waals surface area contributed by atoms with Gasteiger partial charge in [0.05, 0.1) is 7.11 Å². The molecule has 176 valence electrons. The number of alkyl carbamates (subject to hydrolysis) is 1. The van der Waals surface area contributed by atoms with Crippen molar-refractivity contribution in [2.24, 2.45) is 11.8 Å². The minimum atomic E-state index is -0.601. The molecular formula is C24H33NO7. The number of hydrogen-bond donors (Lipinski definition) is 1. The monoisotopic (exact) mass is 447 g/mol. The predicted octanol–water partition coefficient (Wildman–Crippen LogP) is 3.56. The van der Waals surface area contributed by atoms with Gasteiger partial charge >= 0.3 is 18.0 Å². The molecule has 8 nitrogen and oxygen atoms in total. The summed E-state index contributed by atoms with van der Waals surface area (Å²) in [6, 6.07) is 8.86. The quantitative estimate of drug-likeness (QED) is 0.226. The zero-order valence-electron chi connectivity index (χ0n) is 18.8. The van der Waals surface area contributed by atoms with Crippen molar-refractivity contribution in [2.75, 3.05) is 7.11 Å². The van der Waals surface area contributed by atoms with Gasteiger partial charge in [0, 0.05) is 37.6 Å². The molecule has 0 aromatic heterocycles. The molecule has 1 amide bonds. The van der Waals surface area contributed by atoms with Gasteiger partial charge in [0.15, 0.2) is 0 Å². The Bertz CT molecular complexity index is 752. The van der Waals surface area contributed by atoms with E-state index in [1.54, 1.807) is 0 Å². The molecule has 0 radical (unpaired) electrons. The largest absolute Gasteiger partial charge is 0.469 e. The first-order valence-corrected chi connectivity index (χ1v) is 11.1. The highest BCUT2D eigenvalue weighted by atomic mass is 16.6. The van der Waals surface area contributed by atoms with Crippen molar-refractivity contribution in [3.8, 4) is 0 Å². The normalized spacial score (nSPS) is 22.1. The third kappa shape index (κ3) is 8.32. The maximum atomic E-state index is 12.3. The van der Waals surface area contributed by atoms with E-state index < -0.39 is 30.1 Å². The molecule has 1 aromatic carbocycles. The Balaban J connectivity index is 1.87. The molecule has 1 fully saturated rings. The van der Waals surface area contributed by atoms with Crippen LogP contribution in [0.2, 0.25) is 0 Å². The first-order valence-electron chi connectivity index (χ1n) is 11.1. The fraction of sp³-hybridized carbons (Fsp3) is 0.583. The standard InChI is InChI=1S/C24H33NO7/c1-17(27)32-22-14-21(25-24(29)31-16-18-10-6-5-7-11-18)20(15-26)19(22)12-8-3-4-9-13-23(28)30-2/h5-7,10-11,15,19-22H,3-4,8-9,12-14,16H2,1-2H3,(H,25,29)/t19-,20-,21-,22+/m1/s1. The molecule has 1 aliphatic rings. The highest BCUT2D eigenvalue weighted by Crippen LogP contribution is 2.37. The maximum absolute atomic E-state index is 12.3.